The molecule has 0 aromatic heterocycles. The van der Waals surface area contributed by atoms with Gasteiger partial charge in [0, 0.05) is 13.1 Å². The number of benzene rings is 1. The fraction of sp³-hybridized carbons (Fsp3) is 0.467. The number of carbonyl (C=O) groups excluding carboxylic acids is 2. The minimum Gasteiger partial charge on any atom is -0.481 e. The Hall–Kier alpha value is -2.18. The molecule has 1 aromatic carbocycles. The Bertz CT molecular complexity index is 604. The van der Waals surface area contributed by atoms with Crippen LogP contribution in [0.3, 0.4) is 0 Å². The second-order valence-electron chi connectivity index (χ2n) is 4.95. The largest absolute Gasteiger partial charge is 0.481 e. The summed E-state index contributed by atoms with van der Waals surface area (Å²) in [4.78, 5) is 22.8. The maximum atomic E-state index is 14.4. The lowest BCUT2D eigenvalue weighted by Crippen LogP contribution is -2.25. The summed E-state index contributed by atoms with van der Waals surface area (Å²) in [7, 11) is 1.41. The second-order valence-corrected chi connectivity index (χ2v) is 4.95. The molecule has 1 aromatic rings. The van der Waals surface area contributed by atoms with E-state index in [0.717, 1.165) is 6.07 Å². The van der Waals surface area contributed by atoms with E-state index in [0.29, 0.717) is 0 Å². The van der Waals surface area contributed by atoms with E-state index in [1.807, 2.05) is 0 Å². The molecule has 7 heteroatoms. The van der Waals surface area contributed by atoms with E-state index >= 15 is 0 Å². The maximum absolute atomic E-state index is 14.4. The molecule has 5 nitrogen and oxygen atoms in total. The van der Waals surface area contributed by atoms with Gasteiger partial charge in [-0.25, -0.2) is 8.78 Å². The highest BCUT2D eigenvalue weighted by Crippen LogP contribution is 2.36. The lowest BCUT2D eigenvalue weighted by Gasteiger charge is -2.10. The molecule has 0 saturated carbocycles. The zero-order chi connectivity index (χ0) is 16.3. The van der Waals surface area contributed by atoms with Crippen LogP contribution < -0.4 is 10.1 Å². The third-order valence-corrected chi connectivity index (χ3v) is 3.55. The molecule has 1 atom stereocenters. The monoisotopic (exact) mass is 313 g/mol. The van der Waals surface area contributed by atoms with Crippen molar-refractivity contribution in [1.82, 2.24) is 5.32 Å². The second kappa shape index (κ2) is 6.72. The summed E-state index contributed by atoms with van der Waals surface area (Å²) in [6, 6.07) is 0.907. The van der Waals surface area contributed by atoms with Crippen molar-refractivity contribution in [3.8, 4) is 5.75 Å². The maximum Gasteiger partial charge on any atom is 0.309 e. The summed E-state index contributed by atoms with van der Waals surface area (Å²) >= 11 is 0. The molecule has 2 rings (SSSR count). The number of halogens is 2. The molecule has 1 aliphatic carbocycles. The Balaban J connectivity index is 2.21. The van der Waals surface area contributed by atoms with Crippen molar-refractivity contribution in [3.05, 3.63) is 28.8 Å². The molecule has 1 N–H and O–H groups in total. The first-order chi connectivity index (χ1) is 10.5. The van der Waals surface area contributed by atoms with Crippen molar-refractivity contribution < 1.29 is 27.8 Å². The summed E-state index contributed by atoms with van der Waals surface area (Å²) < 4.78 is 38.3. The van der Waals surface area contributed by atoms with Crippen LogP contribution in [0.2, 0.25) is 0 Å². The average Bonchev–Trinajstić information content (AvgIpc) is 2.95. The van der Waals surface area contributed by atoms with E-state index in [4.69, 9.17) is 9.47 Å². The molecule has 0 spiro atoms. The third-order valence-electron chi connectivity index (χ3n) is 3.55. The predicted octanol–water partition coefficient (Wildman–Crippen LogP) is 1.37. The number of nitrogens with one attached hydrogen (secondary N) is 1. The summed E-state index contributed by atoms with van der Waals surface area (Å²) in [5, 5.41) is 2.32. The fourth-order valence-electron chi connectivity index (χ4n) is 2.44. The average molecular weight is 313 g/mol. The van der Waals surface area contributed by atoms with Crippen LogP contribution in [0, 0.1) is 17.6 Å². The van der Waals surface area contributed by atoms with Crippen LogP contribution in [0.4, 0.5) is 8.78 Å². The van der Waals surface area contributed by atoms with Gasteiger partial charge in [-0.2, -0.15) is 0 Å². The first kappa shape index (κ1) is 16.2. The highest BCUT2D eigenvalue weighted by molar-refractivity contribution is 5.77. The zero-order valence-electron chi connectivity index (χ0n) is 12.4. The smallest absolute Gasteiger partial charge is 0.309 e. The van der Waals surface area contributed by atoms with Crippen molar-refractivity contribution in [2.24, 2.45) is 5.92 Å². The van der Waals surface area contributed by atoms with Crippen LogP contribution in [0.15, 0.2) is 6.07 Å². The summed E-state index contributed by atoms with van der Waals surface area (Å²) in [6.07, 6.45) is 0.167. The number of rotatable bonds is 5. The minimum atomic E-state index is -0.730. The van der Waals surface area contributed by atoms with Gasteiger partial charge < -0.3 is 14.8 Å². The van der Waals surface area contributed by atoms with Crippen molar-refractivity contribution in [3.63, 3.8) is 0 Å². The zero-order valence-corrected chi connectivity index (χ0v) is 12.4. The normalized spacial score (nSPS) is 16.1. The first-order valence-electron chi connectivity index (χ1n) is 6.97. The highest BCUT2D eigenvalue weighted by Gasteiger charge is 2.34. The van der Waals surface area contributed by atoms with Crippen LogP contribution >= 0.6 is 0 Å². The summed E-state index contributed by atoms with van der Waals surface area (Å²) in [5.41, 5.74) is 0.285. The number of amides is 1. The van der Waals surface area contributed by atoms with E-state index in [1.165, 1.54) is 7.05 Å². The molecule has 0 bridgehead atoms. The molecule has 22 heavy (non-hydrogen) atoms. The Labute approximate surface area is 126 Å². The summed E-state index contributed by atoms with van der Waals surface area (Å²) in [5.74, 6) is -3.21. The molecule has 0 heterocycles. The molecule has 0 fully saturated rings. The number of hydrogen-bond donors (Lipinski definition) is 1. The van der Waals surface area contributed by atoms with Crippen LogP contribution in [-0.4, -0.2) is 32.1 Å². The van der Waals surface area contributed by atoms with Crippen molar-refractivity contribution in [2.75, 3.05) is 20.3 Å². The van der Waals surface area contributed by atoms with Gasteiger partial charge in [-0.3, -0.25) is 9.59 Å². The van der Waals surface area contributed by atoms with Crippen molar-refractivity contribution in [2.45, 2.75) is 19.8 Å². The standard InChI is InChI=1S/C15H17F2NO4/c1-3-21-15(20)8-4-9-10(5-8)14(17)12(6-11(9)16)22-7-13(19)18-2/h6,8H,3-5,7H2,1-2H3,(H,18,19). The quantitative estimate of drug-likeness (QED) is 0.834. The molecule has 1 aliphatic rings. The van der Waals surface area contributed by atoms with Crippen LogP contribution in [0.25, 0.3) is 0 Å². The Morgan fingerprint density at radius 2 is 2.00 bits per heavy atom. The van der Waals surface area contributed by atoms with E-state index in [9.17, 15) is 18.4 Å². The molecule has 1 unspecified atom stereocenters. The first-order valence-corrected chi connectivity index (χ1v) is 6.97. The third kappa shape index (κ3) is 3.18. The van der Waals surface area contributed by atoms with Gasteiger partial charge in [0.2, 0.25) is 0 Å². The summed E-state index contributed by atoms with van der Waals surface area (Å²) in [6.45, 7) is 1.48. The van der Waals surface area contributed by atoms with Gasteiger partial charge in [0.05, 0.1) is 12.5 Å². The minimum absolute atomic E-state index is 0.0636. The molecular formula is C15H17F2NO4. The van der Waals surface area contributed by atoms with Gasteiger partial charge in [0.15, 0.2) is 18.2 Å². The Morgan fingerprint density at radius 1 is 1.32 bits per heavy atom. The predicted molar refractivity (Wildman–Crippen MR) is 73.5 cm³/mol. The SMILES string of the molecule is CCOC(=O)C1Cc2c(F)cc(OCC(=O)NC)c(F)c2C1. The van der Waals surface area contributed by atoms with Crippen LogP contribution in [0.5, 0.6) is 5.75 Å². The number of esters is 1. The van der Waals surface area contributed by atoms with Gasteiger partial charge in [0.1, 0.15) is 5.82 Å². The molecule has 0 saturated heterocycles. The number of fused-ring (bicyclic) bond motifs is 1. The van der Waals surface area contributed by atoms with Crippen LogP contribution in [-0.2, 0) is 27.2 Å². The Morgan fingerprint density at radius 3 is 2.64 bits per heavy atom. The van der Waals surface area contributed by atoms with Gasteiger partial charge in [0.25, 0.3) is 5.91 Å². The van der Waals surface area contributed by atoms with E-state index in [2.05, 4.69) is 5.32 Å². The molecular weight excluding hydrogens is 296 g/mol. The Kier molecular flexibility index (Phi) is 4.95. The molecule has 1 amide bonds. The van der Waals surface area contributed by atoms with Gasteiger partial charge in [-0.15, -0.1) is 0 Å². The van der Waals surface area contributed by atoms with Gasteiger partial charge in [-0.05, 0) is 30.9 Å². The van der Waals surface area contributed by atoms with Crippen molar-refractivity contribution >= 4 is 11.9 Å². The molecule has 0 radical (unpaired) electrons. The highest BCUT2D eigenvalue weighted by atomic mass is 19.1. The topological polar surface area (TPSA) is 64.6 Å². The number of carbonyl (C=O) groups is 2. The van der Waals surface area contributed by atoms with E-state index < -0.39 is 36.0 Å². The van der Waals surface area contributed by atoms with Crippen molar-refractivity contribution in [1.29, 1.82) is 0 Å². The lowest BCUT2D eigenvalue weighted by atomic mass is 10.1. The van der Waals surface area contributed by atoms with Gasteiger partial charge in [-0.1, -0.05) is 0 Å². The van der Waals surface area contributed by atoms with E-state index in [1.54, 1.807) is 6.92 Å². The number of ether oxygens (including phenoxy) is 2. The number of likely N-dealkylation sites (N-methyl/N-ethyl adjacent to an activating group) is 1. The van der Waals surface area contributed by atoms with E-state index in [-0.39, 0.29) is 36.3 Å². The van der Waals surface area contributed by atoms with Crippen LogP contribution in [0.1, 0.15) is 18.1 Å². The van der Waals surface area contributed by atoms with Gasteiger partial charge >= 0.3 is 5.97 Å². The molecule has 120 valence electrons. The lowest BCUT2D eigenvalue weighted by molar-refractivity contribution is -0.147. The molecule has 0 aliphatic heterocycles. The fourth-order valence-corrected chi connectivity index (χ4v) is 2.44. The number of hydrogen-bond acceptors (Lipinski definition) is 4.